The molecule has 0 radical (unpaired) electrons. The summed E-state index contributed by atoms with van der Waals surface area (Å²) in [7, 11) is 0. The number of rotatable bonds is 5. The lowest BCUT2D eigenvalue weighted by Gasteiger charge is -2.51. The number of hydrogen-bond acceptors (Lipinski definition) is 7. The molecule has 2 aromatic carbocycles. The highest BCUT2D eigenvalue weighted by atomic mass is 19.1. The lowest BCUT2D eigenvalue weighted by molar-refractivity contribution is 0.0562. The zero-order chi connectivity index (χ0) is 33.8. The Morgan fingerprint density at radius 2 is 1.80 bits per heavy atom. The molecule has 4 N–H and O–H groups in total. The number of aryl methyl sites for hydroxylation is 1. The summed E-state index contributed by atoms with van der Waals surface area (Å²) in [6.07, 6.45) is -1.06. The fraction of sp³-hybridized carbons (Fsp3) is 0.412. The topological polar surface area (TPSA) is 138 Å². The van der Waals surface area contributed by atoms with E-state index in [0.717, 1.165) is 23.3 Å². The van der Waals surface area contributed by atoms with Gasteiger partial charge in [-0.25, -0.2) is 27.9 Å². The number of phenols is 1. The van der Waals surface area contributed by atoms with Gasteiger partial charge in [-0.15, -0.1) is 0 Å². The molecule has 1 aliphatic rings. The fourth-order valence-electron chi connectivity index (χ4n) is 6.89. The largest absolute Gasteiger partial charge is 0.507 e. The molecule has 4 aromatic rings. The minimum absolute atomic E-state index is 0.0136. The summed E-state index contributed by atoms with van der Waals surface area (Å²) >= 11 is 0. The second-order valence-corrected chi connectivity index (χ2v) is 13.3. The van der Waals surface area contributed by atoms with Gasteiger partial charge in [-0.05, 0) is 60.1 Å². The van der Waals surface area contributed by atoms with Gasteiger partial charge in [0.15, 0.2) is 11.5 Å². The van der Waals surface area contributed by atoms with Crippen LogP contribution < -0.4 is 16.3 Å². The van der Waals surface area contributed by atoms with E-state index in [1.54, 1.807) is 0 Å². The molecule has 1 unspecified atom stereocenters. The molecule has 0 spiro atoms. The third-order valence-electron chi connectivity index (χ3n) is 8.77. The first kappa shape index (κ1) is 32.8. The van der Waals surface area contributed by atoms with Crippen molar-refractivity contribution in [2.45, 2.75) is 73.0 Å². The Hall–Kier alpha value is -4.58. The zero-order valence-electron chi connectivity index (χ0n) is 27.1. The van der Waals surface area contributed by atoms with Crippen molar-refractivity contribution in [1.82, 2.24) is 19.4 Å². The number of benzene rings is 2. The van der Waals surface area contributed by atoms with E-state index in [4.69, 9.17) is 5.73 Å². The van der Waals surface area contributed by atoms with Crippen LogP contribution in [0, 0.1) is 24.0 Å². The number of aromatic hydroxyl groups is 1. The maximum atomic E-state index is 16.1. The maximum Gasteiger partial charge on any atom is 0.407 e. The third-order valence-corrected chi connectivity index (χ3v) is 8.77. The Balaban J connectivity index is 1.88. The van der Waals surface area contributed by atoms with Crippen LogP contribution in [0.2, 0.25) is 0 Å². The number of pyridine rings is 1. The number of halogens is 2. The average Bonchev–Trinajstić information content (AvgIpc) is 2.96. The van der Waals surface area contributed by atoms with Crippen molar-refractivity contribution in [3.63, 3.8) is 0 Å². The first-order valence-electron chi connectivity index (χ1n) is 15.3. The van der Waals surface area contributed by atoms with Gasteiger partial charge in [0.2, 0.25) is 0 Å². The van der Waals surface area contributed by atoms with E-state index >= 15 is 8.78 Å². The summed E-state index contributed by atoms with van der Waals surface area (Å²) in [6.45, 7) is 14.0. The Bertz CT molecular complexity index is 1880. The number of hydrogen-bond donors (Lipinski definition) is 3. The van der Waals surface area contributed by atoms with E-state index in [2.05, 4.69) is 9.97 Å². The minimum Gasteiger partial charge on any atom is -0.507 e. The van der Waals surface area contributed by atoms with Gasteiger partial charge in [0.25, 0.3) is 0 Å². The van der Waals surface area contributed by atoms with Gasteiger partial charge in [0.1, 0.15) is 23.1 Å². The number of amides is 1. The average molecular weight is 635 g/mol. The monoisotopic (exact) mass is 634 g/mol. The SMILES string of the molecule is Cc1cc(CN)cc(C(C)C)c1-n1c(=O)nc(N2CCN(C(=O)O)C(C(C)(C)C)[C@@H]2C)c2cc(F)c(-c3c(O)cccc3F)nc21. The van der Waals surface area contributed by atoms with Crippen LogP contribution >= 0.6 is 0 Å². The Morgan fingerprint density at radius 3 is 2.39 bits per heavy atom. The predicted octanol–water partition coefficient (Wildman–Crippen LogP) is 5.93. The Morgan fingerprint density at radius 1 is 1.11 bits per heavy atom. The van der Waals surface area contributed by atoms with Gasteiger partial charge >= 0.3 is 11.8 Å². The van der Waals surface area contributed by atoms with Crippen molar-refractivity contribution in [3.8, 4) is 22.7 Å². The molecule has 46 heavy (non-hydrogen) atoms. The van der Waals surface area contributed by atoms with Crippen molar-refractivity contribution in [2.24, 2.45) is 11.1 Å². The molecule has 5 rings (SSSR count). The molecule has 0 aliphatic carbocycles. The maximum absolute atomic E-state index is 16.1. The molecule has 2 atom stereocenters. The van der Waals surface area contributed by atoms with Crippen molar-refractivity contribution >= 4 is 22.9 Å². The van der Waals surface area contributed by atoms with E-state index < -0.39 is 57.9 Å². The second kappa shape index (κ2) is 12.0. The Labute approximate surface area is 266 Å². The molecular formula is C34H40F2N6O4. The van der Waals surface area contributed by atoms with Gasteiger partial charge in [-0.1, -0.05) is 52.8 Å². The van der Waals surface area contributed by atoms with Gasteiger partial charge in [-0.3, -0.25) is 0 Å². The van der Waals surface area contributed by atoms with Crippen LogP contribution in [0.25, 0.3) is 28.0 Å². The molecular weight excluding hydrogens is 594 g/mol. The van der Waals surface area contributed by atoms with Crippen molar-refractivity contribution in [1.29, 1.82) is 0 Å². The summed E-state index contributed by atoms with van der Waals surface area (Å²) in [5.41, 5.74) is 6.76. The molecule has 12 heteroatoms. The van der Waals surface area contributed by atoms with Crippen LogP contribution in [0.3, 0.4) is 0 Å². The quantitative estimate of drug-likeness (QED) is 0.246. The normalized spacial score (nSPS) is 17.3. The minimum atomic E-state index is -1.06. The molecule has 2 aromatic heterocycles. The molecule has 10 nitrogen and oxygen atoms in total. The Kier molecular flexibility index (Phi) is 8.54. The lowest BCUT2D eigenvalue weighted by atomic mass is 9.80. The summed E-state index contributed by atoms with van der Waals surface area (Å²) in [4.78, 5) is 38.8. The molecule has 1 aliphatic heterocycles. The molecule has 244 valence electrons. The summed E-state index contributed by atoms with van der Waals surface area (Å²) in [5.74, 6) is -2.24. The molecule has 1 saturated heterocycles. The van der Waals surface area contributed by atoms with Crippen LogP contribution in [0.15, 0.2) is 41.2 Å². The second-order valence-electron chi connectivity index (χ2n) is 13.3. The lowest BCUT2D eigenvalue weighted by Crippen LogP contribution is -2.64. The highest BCUT2D eigenvalue weighted by Gasteiger charge is 2.44. The smallest absolute Gasteiger partial charge is 0.407 e. The van der Waals surface area contributed by atoms with Gasteiger partial charge in [0, 0.05) is 25.7 Å². The standard InChI is InChI=1S/C34H40F2N6O4/c1-17(2)21-14-20(16-37)13-18(3)28(21)42-31-22(15-24(36)27(38-31)26-23(35)9-8-10-25(26)43)30(39-32(42)44)40-11-12-41(33(45)46)29(19(40)4)34(5,6)7/h8-10,13-15,17,19,29,43H,11-12,16,37H2,1-7H3,(H,45,46)/t19-,29?/m0/s1. The number of piperazine rings is 1. The molecule has 0 saturated carbocycles. The first-order valence-corrected chi connectivity index (χ1v) is 15.3. The van der Waals surface area contributed by atoms with E-state index in [9.17, 15) is 19.8 Å². The van der Waals surface area contributed by atoms with Gasteiger partial charge in [0.05, 0.1) is 22.7 Å². The van der Waals surface area contributed by atoms with Crippen LogP contribution in [-0.4, -0.2) is 60.9 Å². The third kappa shape index (κ3) is 5.55. The van der Waals surface area contributed by atoms with E-state index in [0.29, 0.717) is 11.3 Å². The van der Waals surface area contributed by atoms with Crippen molar-refractivity contribution in [2.75, 3.05) is 18.0 Å². The summed E-state index contributed by atoms with van der Waals surface area (Å²) in [6, 6.07) is 7.59. The van der Waals surface area contributed by atoms with Gasteiger partial charge in [-0.2, -0.15) is 4.98 Å². The van der Waals surface area contributed by atoms with Crippen LogP contribution in [-0.2, 0) is 6.54 Å². The number of carboxylic acid groups (broad SMARTS) is 1. The van der Waals surface area contributed by atoms with E-state index in [-0.39, 0.29) is 42.4 Å². The summed E-state index contributed by atoms with van der Waals surface area (Å²) in [5, 5.41) is 20.7. The van der Waals surface area contributed by atoms with Gasteiger partial charge < -0.3 is 25.7 Å². The number of nitrogens with zero attached hydrogens (tertiary/aromatic N) is 5. The fourth-order valence-corrected chi connectivity index (χ4v) is 6.89. The molecule has 1 fully saturated rings. The number of phenolic OH excluding ortho intramolecular Hbond substituents is 1. The number of carbonyl (C=O) groups is 1. The number of aromatic nitrogens is 3. The molecule has 0 bridgehead atoms. The number of nitrogens with two attached hydrogens (primary N) is 1. The molecule has 1 amide bonds. The molecule has 3 heterocycles. The number of fused-ring (bicyclic) bond motifs is 1. The van der Waals surface area contributed by atoms with E-state index in [1.165, 1.54) is 21.6 Å². The first-order chi connectivity index (χ1) is 21.6. The zero-order valence-corrected chi connectivity index (χ0v) is 27.1. The van der Waals surface area contributed by atoms with E-state index in [1.807, 2.05) is 65.5 Å². The van der Waals surface area contributed by atoms with Crippen LogP contribution in [0.4, 0.5) is 19.4 Å². The highest BCUT2D eigenvalue weighted by molar-refractivity contribution is 5.91. The van der Waals surface area contributed by atoms with Crippen LogP contribution in [0.5, 0.6) is 5.75 Å². The number of anilines is 1. The van der Waals surface area contributed by atoms with Crippen LogP contribution in [0.1, 0.15) is 64.2 Å². The highest BCUT2D eigenvalue weighted by Crippen LogP contribution is 2.39. The predicted molar refractivity (Wildman–Crippen MR) is 174 cm³/mol. The van der Waals surface area contributed by atoms with Crippen molar-refractivity contribution < 1.29 is 23.8 Å². The summed E-state index contributed by atoms with van der Waals surface area (Å²) < 4.78 is 32.5. The van der Waals surface area contributed by atoms with Crippen molar-refractivity contribution in [3.05, 3.63) is 75.2 Å².